The second kappa shape index (κ2) is 6.30. The third-order valence-corrected chi connectivity index (χ3v) is 3.73. The Balaban J connectivity index is 1.92. The van der Waals surface area contributed by atoms with Crippen molar-refractivity contribution in [3.63, 3.8) is 0 Å². The van der Waals surface area contributed by atoms with Gasteiger partial charge in [-0.25, -0.2) is 0 Å². The molecule has 1 saturated heterocycles. The zero-order chi connectivity index (χ0) is 13.8. The Bertz CT molecular complexity index is 465. The van der Waals surface area contributed by atoms with Crippen LogP contribution in [-0.4, -0.2) is 54.2 Å². The third-order valence-electron chi connectivity index (χ3n) is 3.20. The Kier molecular flexibility index (Phi) is 4.71. The van der Waals surface area contributed by atoms with E-state index in [-0.39, 0.29) is 11.7 Å². The number of hydrogen-bond donors (Lipinski definition) is 0. The van der Waals surface area contributed by atoms with Crippen LogP contribution in [0.25, 0.3) is 0 Å². The van der Waals surface area contributed by atoms with E-state index in [0.717, 1.165) is 17.6 Å². The fraction of sp³-hybridized carbons (Fsp3) is 0.429. The van der Waals surface area contributed by atoms with E-state index < -0.39 is 0 Å². The van der Waals surface area contributed by atoms with Crippen LogP contribution in [0.3, 0.4) is 0 Å². The topological polar surface area (TPSA) is 40.6 Å². The lowest BCUT2D eigenvalue weighted by molar-refractivity contribution is -0.118. The zero-order valence-corrected chi connectivity index (χ0v) is 12.5. The van der Waals surface area contributed by atoms with Crippen molar-refractivity contribution in [3.8, 4) is 0 Å². The number of rotatable bonds is 3. The van der Waals surface area contributed by atoms with Crippen LogP contribution in [0, 0.1) is 0 Å². The first-order valence-electron chi connectivity index (χ1n) is 6.33. The number of Topliss-reactive ketones (excluding diaryl/α,β-unsaturated/α-hetero) is 1. The average molecular weight is 325 g/mol. The van der Waals surface area contributed by atoms with Gasteiger partial charge >= 0.3 is 0 Å². The molecule has 5 heteroatoms. The number of hydrogen-bond acceptors (Lipinski definition) is 3. The molecule has 1 fully saturated rings. The summed E-state index contributed by atoms with van der Waals surface area (Å²) in [6.07, 6.45) is 0. The predicted octanol–water partition coefficient (Wildman–Crippen LogP) is 1.80. The molecule has 0 N–H and O–H groups in total. The maximum absolute atomic E-state index is 12.3. The quantitative estimate of drug-likeness (QED) is 0.851. The molecular weight excluding hydrogens is 308 g/mol. The highest BCUT2D eigenvalue weighted by atomic mass is 79.9. The molecule has 4 nitrogen and oxygen atoms in total. The van der Waals surface area contributed by atoms with Gasteiger partial charge in [0.15, 0.2) is 0 Å². The number of carbonyl (C=O) groups is 2. The third kappa shape index (κ3) is 3.88. The van der Waals surface area contributed by atoms with Gasteiger partial charge in [0, 0.05) is 36.2 Å². The minimum atomic E-state index is 0.0648. The molecule has 2 rings (SSSR count). The second-order valence-electron chi connectivity index (χ2n) is 4.78. The molecule has 19 heavy (non-hydrogen) atoms. The Morgan fingerprint density at radius 2 is 1.68 bits per heavy atom. The Hall–Kier alpha value is -1.20. The number of amides is 1. The van der Waals surface area contributed by atoms with Gasteiger partial charge in [0.05, 0.1) is 6.54 Å². The number of carbonyl (C=O) groups excluding carboxylic acids is 2. The van der Waals surface area contributed by atoms with Gasteiger partial charge in [-0.3, -0.25) is 14.5 Å². The van der Waals surface area contributed by atoms with Crippen LogP contribution < -0.4 is 0 Å². The molecule has 0 bridgehead atoms. The molecule has 1 heterocycles. The SMILES string of the molecule is CC(=O)CN1CCN(C(=O)c2ccc(Br)cc2)CC1. The minimum absolute atomic E-state index is 0.0648. The number of piperazine rings is 1. The van der Waals surface area contributed by atoms with Crippen LogP contribution in [-0.2, 0) is 4.79 Å². The van der Waals surface area contributed by atoms with Crippen molar-refractivity contribution >= 4 is 27.6 Å². The molecule has 0 atom stereocenters. The fourth-order valence-corrected chi connectivity index (χ4v) is 2.46. The van der Waals surface area contributed by atoms with Crippen molar-refractivity contribution in [2.45, 2.75) is 6.92 Å². The summed E-state index contributed by atoms with van der Waals surface area (Å²) in [6.45, 7) is 4.98. The van der Waals surface area contributed by atoms with Crippen molar-refractivity contribution in [1.82, 2.24) is 9.80 Å². The summed E-state index contributed by atoms with van der Waals surface area (Å²) < 4.78 is 0.968. The second-order valence-corrected chi connectivity index (χ2v) is 5.69. The maximum atomic E-state index is 12.3. The molecule has 102 valence electrons. The molecule has 1 aliphatic rings. The first kappa shape index (κ1) is 14.2. The molecular formula is C14H17BrN2O2. The molecule has 0 saturated carbocycles. The largest absolute Gasteiger partial charge is 0.336 e. The van der Waals surface area contributed by atoms with Crippen molar-refractivity contribution < 1.29 is 9.59 Å². The standard InChI is InChI=1S/C14H17BrN2O2/c1-11(18)10-16-6-8-17(9-7-16)14(19)12-2-4-13(15)5-3-12/h2-5H,6-10H2,1H3. The zero-order valence-electron chi connectivity index (χ0n) is 10.9. The number of ketones is 1. The van der Waals surface area contributed by atoms with Gasteiger partial charge in [-0.15, -0.1) is 0 Å². The van der Waals surface area contributed by atoms with Crippen molar-refractivity contribution in [1.29, 1.82) is 0 Å². The molecule has 0 radical (unpaired) electrons. The van der Waals surface area contributed by atoms with E-state index in [9.17, 15) is 9.59 Å². The van der Waals surface area contributed by atoms with Gasteiger partial charge in [0.2, 0.25) is 0 Å². The highest BCUT2D eigenvalue weighted by Gasteiger charge is 2.22. The Morgan fingerprint density at radius 1 is 1.11 bits per heavy atom. The molecule has 1 amide bonds. The average Bonchev–Trinajstić information content (AvgIpc) is 2.39. The smallest absolute Gasteiger partial charge is 0.253 e. The summed E-state index contributed by atoms with van der Waals surface area (Å²) >= 11 is 3.36. The summed E-state index contributed by atoms with van der Waals surface area (Å²) in [6, 6.07) is 7.40. The van der Waals surface area contributed by atoms with E-state index in [2.05, 4.69) is 20.8 Å². The molecule has 0 aliphatic carbocycles. The lowest BCUT2D eigenvalue weighted by Crippen LogP contribution is -2.49. The molecule has 1 aromatic rings. The first-order chi connectivity index (χ1) is 9.06. The van der Waals surface area contributed by atoms with E-state index in [1.165, 1.54) is 0 Å². The van der Waals surface area contributed by atoms with Gasteiger partial charge in [-0.05, 0) is 31.2 Å². The monoisotopic (exact) mass is 324 g/mol. The highest BCUT2D eigenvalue weighted by Crippen LogP contribution is 2.13. The highest BCUT2D eigenvalue weighted by molar-refractivity contribution is 9.10. The van der Waals surface area contributed by atoms with Crippen molar-refractivity contribution in [2.24, 2.45) is 0 Å². The van der Waals surface area contributed by atoms with Crippen molar-refractivity contribution in [3.05, 3.63) is 34.3 Å². The minimum Gasteiger partial charge on any atom is -0.336 e. The van der Waals surface area contributed by atoms with Crippen LogP contribution in [0.1, 0.15) is 17.3 Å². The summed E-state index contributed by atoms with van der Waals surface area (Å²) in [7, 11) is 0. The van der Waals surface area contributed by atoms with E-state index in [0.29, 0.717) is 25.2 Å². The van der Waals surface area contributed by atoms with Gasteiger partial charge in [0.25, 0.3) is 5.91 Å². The van der Waals surface area contributed by atoms with Crippen LogP contribution in [0.5, 0.6) is 0 Å². The summed E-state index contributed by atoms with van der Waals surface area (Å²) in [4.78, 5) is 27.3. The Labute approximate surface area is 121 Å². The molecule has 1 aliphatic heterocycles. The van der Waals surface area contributed by atoms with Crippen LogP contribution in [0.15, 0.2) is 28.7 Å². The van der Waals surface area contributed by atoms with Crippen molar-refractivity contribution in [2.75, 3.05) is 32.7 Å². The van der Waals surface area contributed by atoms with Gasteiger partial charge in [-0.1, -0.05) is 15.9 Å². The fourth-order valence-electron chi connectivity index (χ4n) is 2.20. The maximum Gasteiger partial charge on any atom is 0.253 e. The molecule has 0 unspecified atom stereocenters. The van der Waals surface area contributed by atoms with E-state index in [1.807, 2.05) is 29.2 Å². The molecule has 0 aromatic heterocycles. The first-order valence-corrected chi connectivity index (χ1v) is 7.12. The lowest BCUT2D eigenvalue weighted by Gasteiger charge is -2.34. The van der Waals surface area contributed by atoms with Gasteiger partial charge in [0.1, 0.15) is 5.78 Å². The van der Waals surface area contributed by atoms with Gasteiger partial charge in [-0.2, -0.15) is 0 Å². The van der Waals surface area contributed by atoms with Crippen LogP contribution in [0.4, 0.5) is 0 Å². The summed E-state index contributed by atoms with van der Waals surface area (Å²) in [5.41, 5.74) is 0.711. The van der Waals surface area contributed by atoms with E-state index >= 15 is 0 Å². The number of benzene rings is 1. The molecule has 1 aromatic carbocycles. The van der Waals surface area contributed by atoms with Crippen LogP contribution >= 0.6 is 15.9 Å². The summed E-state index contributed by atoms with van der Waals surface area (Å²) in [5.74, 6) is 0.239. The van der Waals surface area contributed by atoms with Crippen LogP contribution in [0.2, 0.25) is 0 Å². The van der Waals surface area contributed by atoms with Gasteiger partial charge < -0.3 is 4.90 Å². The number of halogens is 1. The molecule has 0 spiro atoms. The van der Waals surface area contributed by atoms with E-state index in [4.69, 9.17) is 0 Å². The Morgan fingerprint density at radius 3 is 2.21 bits per heavy atom. The van der Waals surface area contributed by atoms with E-state index in [1.54, 1.807) is 6.92 Å². The normalized spacial score (nSPS) is 16.4. The lowest BCUT2D eigenvalue weighted by atomic mass is 10.2. The predicted molar refractivity (Wildman–Crippen MR) is 77.2 cm³/mol. The number of nitrogens with zero attached hydrogens (tertiary/aromatic N) is 2. The summed E-state index contributed by atoms with van der Waals surface area (Å²) in [5, 5.41) is 0.